The molecule has 20 heavy (non-hydrogen) atoms. The van der Waals surface area contributed by atoms with E-state index in [1.54, 1.807) is 0 Å². The van der Waals surface area contributed by atoms with Crippen molar-refractivity contribution in [3.63, 3.8) is 0 Å². The lowest BCUT2D eigenvalue weighted by molar-refractivity contribution is -0.125. The minimum absolute atomic E-state index is 0.0260. The summed E-state index contributed by atoms with van der Waals surface area (Å²) in [6, 6.07) is 0.184. The summed E-state index contributed by atoms with van der Waals surface area (Å²) in [4.78, 5) is 12.2. The smallest absolute Gasteiger partial charge is 0.227 e. The van der Waals surface area contributed by atoms with Crippen LogP contribution in [-0.2, 0) is 9.53 Å². The van der Waals surface area contributed by atoms with E-state index in [9.17, 15) is 4.79 Å². The van der Waals surface area contributed by atoms with Crippen LogP contribution in [0.25, 0.3) is 0 Å². The first-order chi connectivity index (χ1) is 9.81. The Morgan fingerprint density at radius 2 is 2.25 bits per heavy atom. The van der Waals surface area contributed by atoms with Crippen LogP contribution in [-0.4, -0.2) is 38.3 Å². The molecule has 1 heterocycles. The summed E-state index contributed by atoms with van der Waals surface area (Å²) < 4.78 is 5.45. The first-order valence-electron chi connectivity index (χ1n) is 8.08. The van der Waals surface area contributed by atoms with E-state index >= 15 is 0 Å². The quantitative estimate of drug-likeness (QED) is 0.701. The van der Waals surface area contributed by atoms with Gasteiger partial charge in [0.1, 0.15) is 0 Å². The fourth-order valence-corrected chi connectivity index (χ4v) is 2.95. The Balaban J connectivity index is 1.69. The molecule has 2 aliphatic rings. The van der Waals surface area contributed by atoms with Crippen LogP contribution in [0.1, 0.15) is 45.4 Å². The molecule has 1 aliphatic heterocycles. The Bertz CT molecular complexity index is 341. The van der Waals surface area contributed by atoms with Gasteiger partial charge in [-0.05, 0) is 45.1 Å². The van der Waals surface area contributed by atoms with Crippen molar-refractivity contribution in [2.45, 2.75) is 51.5 Å². The summed E-state index contributed by atoms with van der Waals surface area (Å²) >= 11 is 0. The number of hydrogen-bond acceptors (Lipinski definition) is 3. The standard InChI is InChI=1S/C16H28N2O2/c1-2-9-17-15-12-20-11-14(15)16(19)18-10-8-13-6-4-3-5-7-13/h6,14-15,17H,2-5,7-12H2,1H3,(H,18,19). The monoisotopic (exact) mass is 280 g/mol. The summed E-state index contributed by atoms with van der Waals surface area (Å²) in [6.07, 6.45) is 9.48. The third-order valence-corrected chi connectivity index (χ3v) is 4.20. The van der Waals surface area contributed by atoms with Crippen LogP contribution >= 0.6 is 0 Å². The van der Waals surface area contributed by atoms with E-state index in [1.165, 1.54) is 31.3 Å². The average Bonchev–Trinajstić information content (AvgIpc) is 2.94. The predicted molar refractivity (Wildman–Crippen MR) is 80.6 cm³/mol. The molecule has 1 saturated heterocycles. The lowest BCUT2D eigenvalue weighted by Gasteiger charge is -2.19. The van der Waals surface area contributed by atoms with Crippen molar-refractivity contribution < 1.29 is 9.53 Å². The second-order valence-corrected chi connectivity index (χ2v) is 5.85. The van der Waals surface area contributed by atoms with Crippen molar-refractivity contribution in [3.05, 3.63) is 11.6 Å². The van der Waals surface area contributed by atoms with E-state index in [-0.39, 0.29) is 17.9 Å². The molecule has 4 nitrogen and oxygen atoms in total. The maximum Gasteiger partial charge on any atom is 0.227 e. The highest BCUT2D eigenvalue weighted by Crippen LogP contribution is 2.19. The topological polar surface area (TPSA) is 50.4 Å². The Labute approximate surface area is 122 Å². The van der Waals surface area contributed by atoms with Gasteiger partial charge in [-0.3, -0.25) is 4.79 Å². The Morgan fingerprint density at radius 1 is 1.35 bits per heavy atom. The van der Waals surface area contributed by atoms with Gasteiger partial charge in [0.2, 0.25) is 5.91 Å². The van der Waals surface area contributed by atoms with E-state index in [1.807, 2.05) is 0 Å². The number of allylic oxidation sites excluding steroid dienone is 1. The average molecular weight is 280 g/mol. The van der Waals surface area contributed by atoms with Crippen LogP contribution in [0.5, 0.6) is 0 Å². The highest BCUT2D eigenvalue weighted by Gasteiger charge is 2.33. The van der Waals surface area contributed by atoms with E-state index in [4.69, 9.17) is 4.74 Å². The highest BCUT2D eigenvalue weighted by molar-refractivity contribution is 5.79. The molecule has 0 bridgehead atoms. The van der Waals surface area contributed by atoms with Crippen LogP contribution < -0.4 is 10.6 Å². The number of nitrogens with one attached hydrogen (secondary N) is 2. The molecule has 0 saturated carbocycles. The number of carbonyl (C=O) groups is 1. The van der Waals surface area contributed by atoms with Crippen molar-refractivity contribution in [1.82, 2.24) is 10.6 Å². The van der Waals surface area contributed by atoms with Gasteiger partial charge in [-0.1, -0.05) is 18.6 Å². The van der Waals surface area contributed by atoms with Crippen molar-refractivity contribution in [2.24, 2.45) is 5.92 Å². The molecule has 0 aromatic heterocycles. The van der Waals surface area contributed by atoms with Gasteiger partial charge in [-0.15, -0.1) is 0 Å². The van der Waals surface area contributed by atoms with Gasteiger partial charge in [-0.25, -0.2) is 0 Å². The van der Waals surface area contributed by atoms with E-state index in [0.717, 1.165) is 25.9 Å². The second kappa shape index (κ2) is 8.42. The molecule has 1 amide bonds. The third kappa shape index (κ3) is 4.60. The van der Waals surface area contributed by atoms with Gasteiger partial charge in [0.15, 0.2) is 0 Å². The molecule has 0 spiro atoms. The lowest BCUT2D eigenvalue weighted by Crippen LogP contribution is -2.44. The Hall–Kier alpha value is -0.870. The SMILES string of the molecule is CCCNC1COCC1C(=O)NCCC1=CCCCC1. The molecule has 1 fully saturated rings. The predicted octanol–water partition coefficient (Wildman–Crippen LogP) is 2.01. The summed E-state index contributed by atoms with van der Waals surface area (Å²) in [5.74, 6) is 0.120. The number of ether oxygens (including phenoxy) is 1. The van der Waals surface area contributed by atoms with Gasteiger partial charge in [-0.2, -0.15) is 0 Å². The summed E-state index contributed by atoms with van der Waals surface area (Å²) in [5.41, 5.74) is 1.51. The van der Waals surface area contributed by atoms with Crippen LogP contribution in [0.4, 0.5) is 0 Å². The van der Waals surface area contributed by atoms with Gasteiger partial charge in [0.05, 0.1) is 19.1 Å². The molecule has 2 unspecified atom stereocenters. The van der Waals surface area contributed by atoms with E-state index in [0.29, 0.717) is 13.2 Å². The molecular formula is C16H28N2O2. The van der Waals surface area contributed by atoms with E-state index in [2.05, 4.69) is 23.6 Å². The van der Waals surface area contributed by atoms with Crippen LogP contribution in [0.15, 0.2) is 11.6 Å². The molecule has 2 N–H and O–H groups in total. The zero-order valence-electron chi connectivity index (χ0n) is 12.6. The molecular weight excluding hydrogens is 252 g/mol. The molecule has 114 valence electrons. The molecule has 2 atom stereocenters. The van der Waals surface area contributed by atoms with Crippen molar-refractivity contribution >= 4 is 5.91 Å². The minimum Gasteiger partial charge on any atom is -0.379 e. The summed E-state index contributed by atoms with van der Waals surface area (Å²) in [7, 11) is 0. The maximum atomic E-state index is 12.2. The molecule has 1 aliphatic carbocycles. The summed E-state index contributed by atoms with van der Waals surface area (Å²) in [5, 5.41) is 6.48. The Morgan fingerprint density at radius 3 is 3.00 bits per heavy atom. The van der Waals surface area contributed by atoms with Gasteiger partial charge in [0.25, 0.3) is 0 Å². The Kier molecular flexibility index (Phi) is 6.54. The van der Waals surface area contributed by atoms with Crippen LogP contribution in [0.3, 0.4) is 0 Å². The first kappa shape index (κ1) is 15.5. The van der Waals surface area contributed by atoms with Crippen LogP contribution in [0, 0.1) is 5.92 Å². The minimum atomic E-state index is -0.0260. The second-order valence-electron chi connectivity index (χ2n) is 5.85. The largest absolute Gasteiger partial charge is 0.379 e. The molecule has 4 heteroatoms. The van der Waals surface area contributed by atoms with Crippen molar-refractivity contribution in [2.75, 3.05) is 26.3 Å². The van der Waals surface area contributed by atoms with Gasteiger partial charge in [0, 0.05) is 12.6 Å². The molecule has 0 aromatic carbocycles. The first-order valence-corrected chi connectivity index (χ1v) is 8.08. The number of amides is 1. The molecule has 2 rings (SSSR count). The van der Waals surface area contributed by atoms with Gasteiger partial charge >= 0.3 is 0 Å². The van der Waals surface area contributed by atoms with Gasteiger partial charge < -0.3 is 15.4 Å². The van der Waals surface area contributed by atoms with Crippen molar-refractivity contribution in [3.8, 4) is 0 Å². The molecule has 0 radical (unpaired) electrons. The number of rotatable bonds is 7. The third-order valence-electron chi connectivity index (χ3n) is 4.20. The lowest BCUT2D eigenvalue weighted by atomic mass is 9.97. The van der Waals surface area contributed by atoms with Crippen LogP contribution in [0.2, 0.25) is 0 Å². The maximum absolute atomic E-state index is 12.2. The normalized spacial score (nSPS) is 26.4. The summed E-state index contributed by atoms with van der Waals surface area (Å²) in [6.45, 7) is 5.06. The zero-order valence-corrected chi connectivity index (χ0v) is 12.6. The molecule has 0 aromatic rings. The fourth-order valence-electron chi connectivity index (χ4n) is 2.95. The number of hydrogen-bond donors (Lipinski definition) is 2. The highest BCUT2D eigenvalue weighted by atomic mass is 16.5. The van der Waals surface area contributed by atoms with E-state index < -0.39 is 0 Å². The number of carbonyl (C=O) groups excluding carboxylic acids is 1. The fraction of sp³-hybridized carbons (Fsp3) is 0.812. The van der Waals surface area contributed by atoms with Crippen molar-refractivity contribution in [1.29, 1.82) is 0 Å². The zero-order chi connectivity index (χ0) is 14.2.